The maximum Gasteiger partial charge on any atom is 0.312 e. The molecule has 26 heavy (non-hydrogen) atoms. The van der Waals surface area contributed by atoms with E-state index in [1.165, 1.54) is 11.0 Å². The van der Waals surface area contributed by atoms with Crippen LogP contribution in [0.1, 0.15) is 18.4 Å². The van der Waals surface area contributed by atoms with Crippen LogP contribution < -0.4 is 0 Å². The molecule has 2 heterocycles. The molecule has 2 fully saturated rings. The Morgan fingerprint density at radius 1 is 0.885 bits per heavy atom. The predicted octanol–water partition coefficient (Wildman–Crippen LogP) is 1.42. The second kappa shape index (κ2) is 8.16. The van der Waals surface area contributed by atoms with Gasteiger partial charge in [0, 0.05) is 39.3 Å². The van der Waals surface area contributed by atoms with E-state index in [9.17, 15) is 18.8 Å². The Bertz CT molecular complexity index is 714. The number of hydrogen-bond donors (Lipinski definition) is 0. The third-order valence-corrected chi connectivity index (χ3v) is 5.44. The molecule has 0 aromatic heterocycles. The summed E-state index contributed by atoms with van der Waals surface area (Å²) in [6.45, 7) is 2.82. The Morgan fingerprint density at radius 2 is 1.42 bits per heavy atom. The fourth-order valence-corrected chi connectivity index (χ4v) is 3.71. The van der Waals surface area contributed by atoms with Crippen molar-refractivity contribution in [1.29, 1.82) is 0 Å². The average Bonchev–Trinajstić information content (AvgIpc) is 3.18. The predicted molar refractivity (Wildman–Crippen MR) is 96.8 cm³/mol. The summed E-state index contributed by atoms with van der Waals surface area (Å²) >= 11 is 3.12. The Kier molecular flexibility index (Phi) is 5.90. The summed E-state index contributed by atoms with van der Waals surface area (Å²) in [4.78, 5) is 41.7. The zero-order chi connectivity index (χ0) is 18.7. The van der Waals surface area contributed by atoms with E-state index < -0.39 is 11.8 Å². The number of amides is 3. The smallest absolute Gasteiger partial charge is 0.312 e. The average molecular weight is 426 g/mol. The highest BCUT2D eigenvalue weighted by Gasteiger charge is 2.31. The molecule has 3 amide bonds. The zero-order valence-electron chi connectivity index (χ0n) is 14.4. The molecule has 8 heteroatoms. The standard InChI is InChI=1S/C18H21BrFN3O3/c19-14-11-13(3-4-15(14)20)12-16(24)21-7-9-23(10-8-21)18(26)17(25)22-5-1-2-6-22/h3-4,11H,1-2,5-10,12H2. The summed E-state index contributed by atoms with van der Waals surface area (Å²) in [6.07, 6.45) is 2.07. The van der Waals surface area contributed by atoms with Gasteiger partial charge in [-0.1, -0.05) is 6.07 Å². The number of rotatable bonds is 2. The highest BCUT2D eigenvalue weighted by Crippen LogP contribution is 2.18. The quantitative estimate of drug-likeness (QED) is 0.673. The van der Waals surface area contributed by atoms with Gasteiger partial charge in [-0.3, -0.25) is 14.4 Å². The molecule has 0 atom stereocenters. The van der Waals surface area contributed by atoms with Gasteiger partial charge in [-0.05, 0) is 46.5 Å². The minimum absolute atomic E-state index is 0.0681. The first-order chi connectivity index (χ1) is 12.5. The van der Waals surface area contributed by atoms with E-state index in [0.717, 1.165) is 18.4 Å². The van der Waals surface area contributed by atoms with Crippen LogP contribution in [0.5, 0.6) is 0 Å². The van der Waals surface area contributed by atoms with Gasteiger partial charge in [-0.2, -0.15) is 0 Å². The normalized spacial score (nSPS) is 17.5. The van der Waals surface area contributed by atoms with Crippen LogP contribution >= 0.6 is 15.9 Å². The second-order valence-electron chi connectivity index (χ2n) is 6.60. The van der Waals surface area contributed by atoms with Gasteiger partial charge >= 0.3 is 11.8 Å². The fourth-order valence-electron chi connectivity index (χ4n) is 3.29. The molecular formula is C18H21BrFN3O3. The van der Waals surface area contributed by atoms with Crippen LogP contribution in [0.4, 0.5) is 4.39 Å². The summed E-state index contributed by atoms with van der Waals surface area (Å²) in [5, 5.41) is 0. The summed E-state index contributed by atoms with van der Waals surface area (Å²) in [5.74, 6) is -1.34. The van der Waals surface area contributed by atoms with Crippen LogP contribution in [0, 0.1) is 5.82 Å². The number of halogens is 2. The lowest BCUT2D eigenvalue weighted by atomic mass is 10.1. The summed E-state index contributed by atoms with van der Waals surface area (Å²) in [7, 11) is 0. The lowest BCUT2D eigenvalue weighted by Gasteiger charge is -2.35. The summed E-state index contributed by atoms with van der Waals surface area (Å²) in [6, 6.07) is 4.52. The maximum atomic E-state index is 13.3. The largest absolute Gasteiger partial charge is 0.339 e. The molecule has 0 N–H and O–H groups in total. The van der Waals surface area contributed by atoms with E-state index in [4.69, 9.17) is 0 Å². The summed E-state index contributed by atoms with van der Waals surface area (Å²) in [5.41, 5.74) is 0.728. The van der Waals surface area contributed by atoms with Gasteiger partial charge in [0.05, 0.1) is 10.9 Å². The number of carbonyl (C=O) groups excluding carboxylic acids is 3. The molecule has 0 bridgehead atoms. The first-order valence-electron chi connectivity index (χ1n) is 8.75. The molecule has 0 radical (unpaired) electrons. The van der Waals surface area contributed by atoms with Gasteiger partial charge in [0.15, 0.2) is 0 Å². The molecule has 0 aliphatic carbocycles. The highest BCUT2D eigenvalue weighted by atomic mass is 79.9. The zero-order valence-corrected chi connectivity index (χ0v) is 16.0. The molecule has 2 aliphatic rings. The summed E-state index contributed by atoms with van der Waals surface area (Å²) < 4.78 is 13.6. The molecule has 140 valence electrons. The third kappa shape index (κ3) is 4.23. The SMILES string of the molecule is O=C(Cc1ccc(F)c(Br)c1)N1CCN(C(=O)C(=O)N2CCCC2)CC1. The van der Waals surface area contributed by atoms with E-state index in [2.05, 4.69) is 15.9 Å². The van der Waals surface area contributed by atoms with Crippen molar-refractivity contribution in [3.8, 4) is 0 Å². The molecule has 1 aromatic rings. The van der Waals surface area contributed by atoms with Crippen molar-refractivity contribution < 1.29 is 18.8 Å². The number of piperazine rings is 1. The molecule has 6 nitrogen and oxygen atoms in total. The van der Waals surface area contributed by atoms with Crippen molar-refractivity contribution in [2.75, 3.05) is 39.3 Å². The first kappa shape index (κ1) is 18.8. The van der Waals surface area contributed by atoms with Crippen molar-refractivity contribution in [1.82, 2.24) is 14.7 Å². The Balaban J connectivity index is 1.51. The molecular weight excluding hydrogens is 405 g/mol. The van der Waals surface area contributed by atoms with E-state index in [1.54, 1.807) is 21.9 Å². The number of likely N-dealkylation sites (tertiary alicyclic amines) is 1. The number of hydrogen-bond acceptors (Lipinski definition) is 3. The molecule has 1 aromatic carbocycles. The van der Waals surface area contributed by atoms with E-state index in [-0.39, 0.29) is 18.1 Å². The lowest BCUT2D eigenvalue weighted by Crippen LogP contribution is -2.54. The topological polar surface area (TPSA) is 60.9 Å². The fraction of sp³-hybridized carbons (Fsp3) is 0.500. The van der Waals surface area contributed by atoms with Crippen LogP contribution in [0.25, 0.3) is 0 Å². The minimum atomic E-state index is -0.471. The molecule has 2 saturated heterocycles. The van der Waals surface area contributed by atoms with Gasteiger partial charge in [0.1, 0.15) is 5.82 Å². The third-order valence-electron chi connectivity index (χ3n) is 4.84. The highest BCUT2D eigenvalue weighted by molar-refractivity contribution is 9.10. The van der Waals surface area contributed by atoms with Crippen LogP contribution in [-0.2, 0) is 20.8 Å². The van der Waals surface area contributed by atoms with E-state index in [1.807, 2.05) is 0 Å². The maximum absolute atomic E-state index is 13.3. The number of carbonyl (C=O) groups is 3. The van der Waals surface area contributed by atoms with Gasteiger partial charge in [-0.15, -0.1) is 0 Å². The Hall–Kier alpha value is -1.96. The molecule has 0 saturated carbocycles. The van der Waals surface area contributed by atoms with Gasteiger partial charge in [-0.25, -0.2) is 4.39 Å². The lowest BCUT2D eigenvalue weighted by molar-refractivity contribution is -0.153. The van der Waals surface area contributed by atoms with E-state index >= 15 is 0 Å². The molecule has 2 aliphatic heterocycles. The van der Waals surface area contributed by atoms with Crippen molar-refractivity contribution in [3.05, 3.63) is 34.1 Å². The van der Waals surface area contributed by atoms with Gasteiger partial charge < -0.3 is 14.7 Å². The second-order valence-corrected chi connectivity index (χ2v) is 7.45. The molecule has 0 unspecified atom stereocenters. The van der Waals surface area contributed by atoms with Crippen molar-refractivity contribution in [2.24, 2.45) is 0 Å². The van der Waals surface area contributed by atoms with Crippen molar-refractivity contribution in [2.45, 2.75) is 19.3 Å². The van der Waals surface area contributed by atoms with Crippen LogP contribution in [-0.4, -0.2) is 71.7 Å². The van der Waals surface area contributed by atoms with Gasteiger partial charge in [0.2, 0.25) is 5.91 Å². The van der Waals surface area contributed by atoms with Gasteiger partial charge in [0.25, 0.3) is 0 Å². The van der Waals surface area contributed by atoms with E-state index in [0.29, 0.717) is 43.7 Å². The minimum Gasteiger partial charge on any atom is -0.339 e. The first-order valence-corrected chi connectivity index (χ1v) is 9.55. The monoisotopic (exact) mass is 425 g/mol. The number of nitrogens with zero attached hydrogens (tertiary/aromatic N) is 3. The Morgan fingerprint density at radius 3 is 2.00 bits per heavy atom. The molecule has 3 rings (SSSR count). The van der Waals surface area contributed by atoms with Crippen LogP contribution in [0.3, 0.4) is 0 Å². The van der Waals surface area contributed by atoms with Crippen molar-refractivity contribution in [3.63, 3.8) is 0 Å². The molecule has 0 spiro atoms. The Labute approximate surface area is 160 Å². The number of benzene rings is 1. The van der Waals surface area contributed by atoms with Crippen LogP contribution in [0.2, 0.25) is 0 Å². The van der Waals surface area contributed by atoms with Crippen molar-refractivity contribution >= 4 is 33.7 Å². The van der Waals surface area contributed by atoms with Crippen LogP contribution in [0.15, 0.2) is 22.7 Å².